The first kappa shape index (κ1) is 49.6. The smallest absolute Gasteiger partial charge is 0.338 e. The number of amides is 1. The van der Waals surface area contributed by atoms with Crippen molar-refractivity contribution in [3.05, 3.63) is 120 Å². The molecule has 2 fully saturated rings. The van der Waals surface area contributed by atoms with Gasteiger partial charge in [0.15, 0.2) is 17.7 Å². The van der Waals surface area contributed by atoms with Gasteiger partial charge in [0.05, 0.1) is 41.8 Å². The standard InChI is InChI=1S/C51H62N6O11/c1-3-38-42(59)45(48(66-38)57-32-56-41-46(52)54-31-55-47(41)57)64-28-17-5-4-16-26-53-40(58)25-15-18-27-63-39-29-37(30-65-49(60)34-19-9-6-10-20-34)44(68-51(62)36-23-13-8-14-24-36)43(33(39)2)67-50(61)35-21-11-7-12-22-35/h6-14,19-24,31-33,37-39,42-45,48,59H,3-5,15-18,25-30H2,1-2H3,(H,53,58)(H2,52,54,55)/t33-,37+,38+,39+,42?,43+,44-,45-,48+/m0/s1. The lowest BCUT2D eigenvalue weighted by Crippen LogP contribution is -2.54. The van der Waals surface area contributed by atoms with Crippen molar-refractivity contribution in [1.82, 2.24) is 24.8 Å². The molecule has 17 heteroatoms. The second kappa shape index (κ2) is 24.7. The van der Waals surface area contributed by atoms with Gasteiger partial charge in [-0.15, -0.1) is 0 Å². The van der Waals surface area contributed by atoms with Gasteiger partial charge in [-0.1, -0.05) is 81.3 Å². The summed E-state index contributed by atoms with van der Waals surface area (Å²) in [5.74, 6) is -2.47. The molecule has 68 heavy (non-hydrogen) atoms. The molecule has 4 N–H and O–H groups in total. The second-order valence-corrected chi connectivity index (χ2v) is 17.3. The van der Waals surface area contributed by atoms with Crippen LogP contribution >= 0.6 is 0 Å². The van der Waals surface area contributed by atoms with Crippen LogP contribution in [0.1, 0.15) is 109 Å². The molecule has 3 aromatic carbocycles. The molecule has 2 aliphatic rings. The number of hydrogen-bond acceptors (Lipinski definition) is 15. The molecule has 1 saturated carbocycles. The van der Waals surface area contributed by atoms with Crippen LogP contribution < -0.4 is 11.1 Å². The summed E-state index contributed by atoms with van der Waals surface area (Å²) in [6.07, 6.45) is 4.05. The normalized spacial score (nSPS) is 23.5. The van der Waals surface area contributed by atoms with Crippen molar-refractivity contribution in [2.45, 2.75) is 114 Å². The number of nitrogens with one attached hydrogen (secondary N) is 1. The maximum atomic E-state index is 13.5. The summed E-state index contributed by atoms with van der Waals surface area (Å²) in [4.78, 5) is 65.6. The van der Waals surface area contributed by atoms with Crippen LogP contribution in [0.2, 0.25) is 0 Å². The van der Waals surface area contributed by atoms with Gasteiger partial charge in [0.25, 0.3) is 0 Å². The molecule has 362 valence electrons. The number of benzene rings is 3. The van der Waals surface area contributed by atoms with Crippen molar-refractivity contribution >= 4 is 40.8 Å². The molecule has 2 aromatic heterocycles. The van der Waals surface area contributed by atoms with Crippen molar-refractivity contribution in [1.29, 1.82) is 0 Å². The van der Waals surface area contributed by atoms with Crippen molar-refractivity contribution in [2.75, 3.05) is 32.1 Å². The Morgan fingerprint density at radius 1 is 0.750 bits per heavy atom. The van der Waals surface area contributed by atoms with E-state index in [-0.39, 0.29) is 18.3 Å². The Balaban J connectivity index is 0.857. The highest BCUT2D eigenvalue weighted by atomic mass is 16.6. The molecule has 0 spiro atoms. The molecule has 1 aliphatic heterocycles. The molecule has 17 nitrogen and oxygen atoms in total. The van der Waals surface area contributed by atoms with Crippen LogP contribution in [-0.4, -0.2) is 111 Å². The van der Waals surface area contributed by atoms with Gasteiger partial charge in [0.2, 0.25) is 5.91 Å². The molecule has 3 heterocycles. The molecule has 1 aliphatic carbocycles. The van der Waals surface area contributed by atoms with Gasteiger partial charge in [-0.3, -0.25) is 9.36 Å². The number of aliphatic hydroxyl groups excluding tert-OH is 1. The number of aliphatic hydroxyl groups is 1. The van der Waals surface area contributed by atoms with E-state index in [1.54, 1.807) is 102 Å². The number of nitrogens with two attached hydrogens (primary N) is 1. The Kier molecular flexibility index (Phi) is 18.0. The van der Waals surface area contributed by atoms with Crippen LogP contribution in [0.15, 0.2) is 104 Å². The molecule has 1 amide bonds. The maximum Gasteiger partial charge on any atom is 0.338 e. The lowest BCUT2D eigenvalue weighted by Gasteiger charge is -2.44. The predicted octanol–water partition coefficient (Wildman–Crippen LogP) is 6.66. The highest BCUT2D eigenvalue weighted by Gasteiger charge is 2.49. The third-order valence-corrected chi connectivity index (χ3v) is 12.6. The van der Waals surface area contributed by atoms with E-state index in [1.165, 1.54) is 6.33 Å². The average Bonchev–Trinajstić information content (AvgIpc) is 3.94. The highest BCUT2D eigenvalue weighted by Crippen LogP contribution is 2.38. The topological polar surface area (TPSA) is 226 Å². The number of nitrogens with zero attached hydrogens (tertiary/aromatic N) is 4. The first-order valence-electron chi connectivity index (χ1n) is 23.6. The van der Waals surface area contributed by atoms with Gasteiger partial charge < -0.3 is 44.6 Å². The minimum absolute atomic E-state index is 0.0404. The quantitative estimate of drug-likeness (QED) is 0.0354. The number of imidazole rings is 1. The van der Waals surface area contributed by atoms with Crippen LogP contribution in [0.4, 0.5) is 5.82 Å². The van der Waals surface area contributed by atoms with Gasteiger partial charge in [-0.25, -0.2) is 29.3 Å². The summed E-state index contributed by atoms with van der Waals surface area (Å²) < 4.78 is 38.7. The zero-order valence-electron chi connectivity index (χ0n) is 38.6. The van der Waals surface area contributed by atoms with Crippen LogP contribution in [0.5, 0.6) is 0 Å². The number of hydrogen-bond donors (Lipinski definition) is 3. The fourth-order valence-electron chi connectivity index (χ4n) is 8.77. The summed E-state index contributed by atoms with van der Waals surface area (Å²) in [6.45, 7) is 5.05. The Bertz CT molecular complexity index is 2390. The van der Waals surface area contributed by atoms with E-state index in [2.05, 4.69) is 20.3 Å². The first-order chi connectivity index (χ1) is 33.1. The highest BCUT2D eigenvalue weighted by molar-refractivity contribution is 5.91. The van der Waals surface area contributed by atoms with Crippen molar-refractivity contribution in [3.8, 4) is 0 Å². The fraction of sp³-hybridized carbons (Fsp3) is 0.471. The van der Waals surface area contributed by atoms with E-state index < -0.39 is 72.6 Å². The van der Waals surface area contributed by atoms with Crippen molar-refractivity contribution < 1.29 is 52.7 Å². The van der Waals surface area contributed by atoms with Crippen LogP contribution in [0.25, 0.3) is 11.2 Å². The number of ether oxygens (including phenoxy) is 6. The van der Waals surface area contributed by atoms with Gasteiger partial charge >= 0.3 is 17.9 Å². The third-order valence-electron chi connectivity index (χ3n) is 12.6. The zero-order valence-corrected chi connectivity index (χ0v) is 38.6. The average molecular weight is 935 g/mol. The summed E-state index contributed by atoms with van der Waals surface area (Å²) in [6, 6.07) is 25.7. The monoisotopic (exact) mass is 934 g/mol. The number of anilines is 1. The summed E-state index contributed by atoms with van der Waals surface area (Å²) in [5, 5.41) is 14.0. The number of fused-ring (bicyclic) bond motifs is 1. The molecule has 1 saturated heterocycles. The van der Waals surface area contributed by atoms with Crippen LogP contribution in [0.3, 0.4) is 0 Å². The summed E-state index contributed by atoms with van der Waals surface area (Å²) in [5.41, 5.74) is 8.01. The molecular formula is C51H62N6O11. The number of rotatable bonds is 23. The first-order valence-corrected chi connectivity index (χ1v) is 23.6. The number of nitrogen functional groups attached to an aromatic ring is 1. The molecule has 1 unspecified atom stereocenters. The molecule has 0 bridgehead atoms. The van der Waals surface area contributed by atoms with Gasteiger partial charge in [0.1, 0.15) is 36.3 Å². The Labute approximate surface area is 396 Å². The number of carbonyl (C=O) groups excluding carboxylic acids is 4. The van der Waals surface area contributed by atoms with Crippen molar-refractivity contribution in [3.63, 3.8) is 0 Å². The van der Waals surface area contributed by atoms with Gasteiger partial charge in [-0.2, -0.15) is 0 Å². The Morgan fingerprint density at radius 3 is 2.01 bits per heavy atom. The van der Waals surface area contributed by atoms with Crippen LogP contribution in [0, 0.1) is 11.8 Å². The largest absolute Gasteiger partial charge is 0.462 e. The number of unbranched alkanes of at least 4 members (excludes halogenated alkanes) is 4. The SMILES string of the molecule is CC[C@H]1O[C@@H](n2cnc3c(N)ncnc32)[C@@H](OCCCCCCNC(=O)CCCCO[C@@H]2C[C@H](COC(=O)c3ccccc3)[C@H](OC(=O)c3ccccc3)[C@H](OC(=O)c3ccccc3)[C@H]2C)C1O. The van der Waals surface area contributed by atoms with E-state index in [0.717, 1.165) is 25.7 Å². The lowest BCUT2D eigenvalue weighted by atomic mass is 9.76. The second-order valence-electron chi connectivity index (χ2n) is 17.3. The van der Waals surface area contributed by atoms with E-state index in [1.807, 2.05) is 13.8 Å². The molecule has 9 atom stereocenters. The van der Waals surface area contributed by atoms with Gasteiger partial charge in [-0.05, 0) is 74.9 Å². The van der Waals surface area contributed by atoms with E-state index >= 15 is 0 Å². The molecule has 5 aromatic rings. The van der Waals surface area contributed by atoms with Gasteiger partial charge in [0, 0.05) is 38.0 Å². The molecule has 0 radical (unpaired) electrons. The third kappa shape index (κ3) is 12.8. The molecular weight excluding hydrogens is 873 g/mol. The van der Waals surface area contributed by atoms with E-state index in [9.17, 15) is 24.3 Å². The van der Waals surface area contributed by atoms with Crippen molar-refractivity contribution in [2.24, 2.45) is 11.8 Å². The summed E-state index contributed by atoms with van der Waals surface area (Å²) >= 11 is 0. The van der Waals surface area contributed by atoms with E-state index in [4.69, 9.17) is 34.2 Å². The maximum absolute atomic E-state index is 13.5. The minimum atomic E-state index is -0.958. The minimum Gasteiger partial charge on any atom is -0.462 e. The Hall–Kier alpha value is -6.27. The predicted molar refractivity (Wildman–Crippen MR) is 250 cm³/mol. The molecule has 7 rings (SSSR count). The number of aromatic nitrogens is 4. The lowest BCUT2D eigenvalue weighted by molar-refractivity contribution is -0.150. The zero-order chi connectivity index (χ0) is 47.8. The number of esters is 3. The van der Waals surface area contributed by atoms with Crippen LogP contribution in [-0.2, 0) is 33.2 Å². The summed E-state index contributed by atoms with van der Waals surface area (Å²) in [7, 11) is 0. The number of carbonyl (C=O) groups is 4. The fourth-order valence-corrected chi connectivity index (χ4v) is 8.77. The van der Waals surface area contributed by atoms with E-state index in [0.29, 0.717) is 79.7 Å². The Morgan fingerprint density at radius 2 is 1.35 bits per heavy atom.